The Bertz CT molecular complexity index is 1110. The summed E-state index contributed by atoms with van der Waals surface area (Å²) in [5.74, 6) is 0.110. The van der Waals surface area contributed by atoms with Crippen LogP contribution in [0.3, 0.4) is 0 Å². The summed E-state index contributed by atoms with van der Waals surface area (Å²) in [7, 11) is 0.165. The fourth-order valence-corrected chi connectivity index (χ4v) is 5.14. The largest absolute Gasteiger partial charge is 0.497 e. The fraction of sp³-hybridized carbons (Fsp3) is 0.333. The normalized spacial score (nSPS) is 16.2. The molecule has 1 heterocycles. The third kappa shape index (κ3) is 4.29. The van der Waals surface area contributed by atoms with Gasteiger partial charge < -0.3 is 19.5 Å². The van der Waals surface area contributed by atoms with Gasteiger partial charge in [0.1, 0.15) is 23.3 Å². The van der Waals surface area contributed by atoms with Crippen LogP contribution in [0.25, 0.3) is 0 Å². The van der Waals surface area contributed by atoms with Crippen LogP contribution in [0.15, 0.2) is 41.3 Å². The Labute approximate surface area is 181 Å². The molecular weight excluding hydrogens is 424 g/mol. The smallest absolute Gasteiger partial charge is 0.267 e. The molecule has 2 aromatic rings. The van der Waals surface area contributed by atoms with Crippen molar-refractivity contribution in [2.24, 2.45) is 0 Å². The summed E-state index contributed by atoms with van der Waals surface area (Å²) in [6.45, 7) is 1.70. The van der Waals surface area contributed by atoms with Gasteiger partial charge in [0, 0.05) is 12.5 Å². The molecule has 0 spiro atoms. The number of benzene rings is 2. The minimum Gasteiger partial charge on any atom is -0.497 e. The Morgan fingerprint density at radius 2 is 1.71 bits per heavy atom. The molecule has 2 amide bonds. The molecule has 31 heavy (non-hydrogen) atoms. The third-order valence-corrected chi connectivity index (χ3v) is 6.88. The average Bonchev–Trinajstić information content (AvgIpc) is 3.16. The molecule has 0 aromatic heterocycles. The van der Waals surface area contributed by atoms with Gasteiger partial charge >= 0.3 is 0 Å². The topological polar surface area (TPSA) is 111 Å². The second kappa shape index (κ2) is 8.84. The van der Waals surface area contributed by atoms with Gasteiger partial charge in [-0.25, -0.2) is 12.7 Å². The molecule has 1 saturated heterocycles. The molecule has 0 unspecified atom stereocenters. The number of amides is 2. The summed E-state index contributed by atoms with van der Waals surface area (Å²) in [5.41, 5.74) is 0.904. The highest BCUT2D eigenvalue weighted by Gasteiger charge is 2.44. The molecule has 3 rings (SSSR count). The molecule has 0 saturated carbocycles. The van der Waals surface area contributed by atoms with Gasteiger partial charge in [-0.05, 0) is 49.2 Å². The van der Waals surface area contributed by atoms with Crippen LogP contribution in [-0.4, -0.2) is 51.9 Å². The molecular formula is C21H24N2O7S. The molecule has 1 N–H and O–H groups in total. The van der Waals surface area contributed by atoms with Gasteiger partial charge in [-0.15, -0.1) is 0 Å². The number of carbonyl (C=O) groups is 2. The first kappa shape index (κ1) is 22.4. The highest BCUT2D eigenvalue weighted by Crippen LogP contribution is 2.33. The molecule has 1 fully saturated rings. The van der Waals surface area contributed by atoms with Gasteiger partial charge in [0.15, 0.2) is 0 Å². The van der Waals surface area contributed by atoms with Gasteiger partial charge in [0.05, 0.1) is 31.9 Å². The Kier molecular flexibility index (Phi) is 6.40. The van der Waals surface area contributed by atoms with Gasteiger partial charge in [-0.2, -0.15) is 0 Å². The number of hydrogen-bond acceptors (Lipinski definition) is 7. The van der Waals surface area contributed by atoms with Crippen LogP contribution in [0.2, 0.25) is 0 Å². The predicted molar refractivity (Wildman–Crippen MR) is 113 cm³/mol. The zero-order valence-corrected chi connectivity index (χ0v) is 18.5. The van der Waals surface area contributed by atoms with E-state index < -0.39 is 27.9 Å². The van der Waals surface area contributed by atoms with E-state index in [9.17, 15) is 18.0 Å². The van der Waals surface area contributed by atoms with Crippen molar-refractivity contribution >= 4 is 27.5 Å². The maximum Gasteiger partial charge on any atom is 0.267 e. The van der Waals surface area contributed by atoms with Crippen molar-refractivity contribution in [2.45, 2.75) is 30.7 Å². The van der Waals surface area contributed by atoms with Crippen molar-refractivity contribution in [1.29, 1.82) is 0 Å². The molecule has 2 aromatic carbocycles. The number of ether oxygens (including phenoxy) is 3. The fourth-order valence-electron chi connectivity index (χ4n) is 3.45. The molecule has 1 aliphatic heterocycles. The van der Waals surface area contributed by atoms with E-state index in [0.29, 0.717) is 32.8 Å². The molecule has 0 bridgehead atoms. The summed E-state index contributed by atoms with van der Waals surface area (Å²) in [6, 6.07) is 7.93. The van der Waals surface area contributed by atoms with E-state index >= 15 is 0 Å². The van der Waals surface area contributed by atoms with Gasteiger partial charge in [0.2, 0.25) is 11.8 Å². The number of nitrogens with one attached hydrogen (secondary N) is 1. The number of sulfonamides is 1. The summed E-state index contributed by atoms with van der Waals surface area (Å²) in [4.78, 5) is 25.4. The Balaban J connectivity index is 1.92. The van der Waals surface area contributed by atoms with E-state index in [1.165, 1.54) is 39.5 Å². The Morgan fingerprint density at radius 3 is 2.32 bits per heavy atom. The van der Waals surface area contributed by atoms with E-state index in [4.69, 9.17) is 14.2 Å². The van der Waals surface area contributed by atoms with Crippen LogP contribution in [-0.2, 0) is 19.6 Å². The number of aryl methyl sites for hydroxylation is 1. The number of carbonyl (C=O) groups excluding carboxylic acids is 2. The first-order chi connectivity index (χ1) is 14.7. The highest BCUT2D eigenvalue weighted by molar-refractivity contribution is 7.89. The minimum absolute atomic E-state index is 0.0539. The average molecular weight is 448 g/mol. The van der Waals surface area contributed by atoms with Crippen LogP contribution >= 0.6 is 0 Å². The van der Waals surface area contributed by atoms with E-state index in [2.05, 4.69) is 5.32 Å². The maximum atomic E-state index is 13.2. The summed E-state index contributed by atoms with van der Waals surface area (Å²) >= 11 is 0. The predicted octanol–water partition coefficient (Wildman–Crippen LogP) is 2.34. The number of rotatable bonds is 7. The van der Waals surface area contributed by atoms with Crippen molar-refractivity contribution in [3.63, 3.8) is 0 Å². The molecule has 0 radical (unpaired) electrons. The second-order valence-electron chi connectivity index (χ2n) is 6.94. The van der Waals surface area contributed by atoms with Gasteiger partial charge in [-0.1, -0.05) is 0 Å². The third-order valence-electron chi connectivity index (χ3n) is 5.05. The standard InChI is InChI=1S/C21H24N2O7S/c1-13-11-15(6-9-18(13)29-3)31(26,27)23-17(7-10-20(23)24)21(25)22-16-12-14(28-2)5-8-19(16)30-4/h5-6,8-9,11-12,17H,7,10H2,1-4H3,(H,22,25)/t17-/m0/s1. The van der Waals surface area contributed by atoms with Crippen LogP contribution in [0, 0.1) is 6.92 Å². The maximum absolute atomic E-state index is 13.2. The van der Waals surface area contributed by atoms with E-state index in [-0.39, 0.29) is 17.7 Å². The van der Waals surface area contributed by atoms with Crippen molar-refractivity contribution in [3.8, 4) is 17.2 Å². The monoisotopic (exact) mass is 448 g/mol. The van der Waals surface area contributed by atoms with Gasteiger partial charge in [0.25, 0.3) is 10.0 Å². The zero-order valence-electron chi connectivity index (χ0n) is 17.7. The molecule has 166 valence electrons. The minimum atomic E-state index is -4.24. The SMILES string of the molecule is COc1ccc(OC)c(NC(=O)[C@@H]2CCC(=O)N2S(=O)(=O)c2ccc(OC)c(C)c2)c1. The second-order valence-corrected chi connectivity index (χ2v) is 8.75. The first-order valence-corrected chi connectivity index (χ1v) is 10.9. The van der Waals surface area contributed by atoms with Crippen LogP contribution in [0.4, 0.5) is 5.69 Å². The molecule has 0 aliphatic carbocycles. The van der Waals surface area contributed by atoms with E-state index in [1.807, 2.05) is 0 Å². The van der Waals surface area contributed by atoms with Gasteiger partial charge in [-0.3, -0.25) is 9.59 Å². The van der Waals surface area contributed by atoms with E-state index in [1.54, 1.807) is 25.1 Å². The zero-order chi connectivity index (χ0) is 22.8. The number of anilines is 1. The van der Waals surface area contributed by atoms with E-state index in [0.717, 1.165) is 0 Å². The lowest BCUT2D eigenvalue weighted by atomic mass is 10.2. The van der Waals surface area contributed by atoms with Crippen molar-refractivity contribution in [2.75, 3.05) is 26.6 Å². The lowest BCUT2D eigenvalue weighted by molar-refractivity contribution is -0.128. The first-order valence-electron chi connectivity index (χ1n) is 9.47. The lowest BCUT2D eigenvalue weighted by Gasteiger charge is -2.24. The summed E-state index contributed by atoms with van der Waals surface area (Å²) < 4.78 is 42.7. The number of methoxy groups -OCH3 is 3. The van der Waals surface area contributed by atoms with Crippen molar-refractivity contribution in [1.82, 2.24) is 4.31 Å². The molecule has 1 atom stereocenters. The molecule has 9 nitrogen and oxygen atoms in total. The lowest BCUT2D eigenvalue weighted by Crippen LogP contribution is -2.45. The van der Waals surface area contributed by atoms with Crippen LogP contribution in [0.1, 0.15) is 18.4 Å². The summed E-state index contributed by atoms with van der Waals surface area (Å²) in [6.07, 6.45) is 0.0208. The summed E-state index contributed by atoms with van der Waals surface area (Å²) in [5, 5.41) is 2.66. The van der Waals surface area contributed by atoms with Crippen molar-refractivity contribution in [3.05, 3.63) is 42.0 Å². The Morgan fingerprint density at radius 1 is 1.03 bits per heavy atom. The van der Waals surface area contributed by atoms with Crippen LogP contribution < -0.4 is 19.5 Å². The Hall–Kier alpha value is -3.27. The van der Waals surface area contributed by atoms with Crippen molar-refractivity contribution < 1.29 is 32.2 Å². The molecule has 10 heteroatoms. The number of hydrogen-bond donors (Lipinski definition) is 1. The highest BCUT2D eigenvalue weighted by atomic mass is 32.2. The van der Waals surface area contributed by atoms with Crippen LogP contribution in [0.5, 0.6) is 17.2 Å². The number of nitrogens with zero attached hydrogens (tertiary/aromatic N) is 1. The molecule has 1 aliphatic rings. The quantitative estimate of drug-likeness (QED) is 0.692.